The maximum absolute atomic E-state index is 13.4. The second kappa shape index (κ2) is 10.7. The number of ether oxygens (including phenoxy) is 1. The van der Waals surface area contributed by atoms with Crippen LogP contribution in [-0.2, 0) is 19.1 Å². The summed E-state index contributed by atoms with van der Waals surface area (Å²) in [5.41, 5.74) is 0. The van der Waals surface area contributed by atoms with Gasteiger partial charge in [0.25, 0.3) is 0 Å². The molecule has 0 spiro atoms. The highest BCUT2D eigenvalue weighted by molar-refractivity contribution is 5.92. The summed E-state index contributed by atoms with van der Waals surface area (Å²) in [6.45, 7) is 2.86. The second-order valence-corrected chi connectivity index (χ2v) is 8.54. The molecule has 2 heterocycles. The second-order valence-electron chi connectivity index (χ2n) is 8.54. The van der Waals surface area contributed by atoms with Crippen molar-refractivity contribution >= 4 is 23.8 Å². The Labute approximate surface area is 189 Å². The third-order valence-corrected chi connectivity index (χ3v) is 5.90. The first-order valence-corrected chi connectivity index (χ1v) is 10.6. The fraction of sp³-hybridized carbons (Fsp3) is 0.750. The first kappa shape index (κ1) is 26.2. The van der Waals surface area contributed by atoms with Gasteiger partial charge in [0.15, 0.2) is 0 Å². The van der Waals surface area contributed by atoms with Crippen molar-refractivity contribution in [3.05, 3.63) is 0 Å². The van der Waals surface area contributed by atoms with Gasteiger partial charge in [0.05, 0.1) is 19.1 Å². The van der Waals surface area contributed by atoms with Crippen molar-refractivity contribution in [3.8, 4) is 6.07 Å². The molecule has 0 aromatic rings. The van der Waals surface area contributed by atoms with Gasteiger partial charge in [-0.3, -0.25) is 14.4 Å². The Hall–Kier alpha value is -3.04. The normalized spacial score (nSPS) is 24.6. The molecule has 0 radical (unpaired) electrons. The Balaban J connectivity index is 2.21. The molecule has 13 heteroatoms. The topological polar surface area (TPSA) is 141 Å². The third-order valence-electron chi connectivity index (χ3n) is 5.90. The van der Waals surface area contributed by atoms with Gasteiger partial charge in [0.2, 0.25) is 17.7 Å². The summed E-state index contributed by atoms with van der Waals surface area (Å²) in [6.07, 6.45) is -5.77. The van der Waals surface area contributed by atoms with Crippen LogP contribution in [0.2, 0.25) is 0 Å². The Morgan fingerprint density at radius 1 is 1.30 bits per heavy atom. The number of amides is 4. The van der Waals surface area contributed by atoms with E-state index in [0.717, 1.165) is 12.0 Å². The largest absolute Gasteiger partial charge is 0.453 e. The van der Waals surface area contributed by atoms with Gasteiger partial charge >= 0.3 is 12.3 Å². The van der Waals surface area contributed by atoms with Crippen molar-refractivity contribution in [2.24, 2.45) is 17.8 Å². The van der Waals surface area contributed by atoms with Crippen LogP contribution >= 0.6 is 0 Å². The molecule has 2 saturated heterocycles. The number of carbonyl (C=O) groups excluding carboxylic acids is 4. The number of alkyl carbamates (subject to hydrolysis) is 1. The van der Waals surface area contributed by atoms with Crippen LogP contribution in [0, 0.1) is 29.1 Å². The molecule has 184 valence electrons. The van der Waals surface area contributed by atoms with E-state index in [4.69, 9.17) is 0 Å². The number of nitriles is 1. The number of nitrogens with one attached hydrogen (secondary N) is 3. The standard InChI is InChI=1S/C20H28F3N5O5/c1-10(2)15(27-19(32)33-3)18(31)28-9-12(20(21,22)23)7-14(28)17(30)26-13(8-24)6-11-4-5-25-16(11)29/h10-15H,4-7,9H2,1-3H3,(H,25,29)(H,26,30)(H,27,32)/t11-,12+,13-,14-,15-/m0/s1. The number of carbonyl (C=O) groups is 4. The monoisotopic (exact) mass is 475 g/mol. The Kier molecular flexibility index (Phi) is 8.51. The zero-order chi connectivity index (χ0) is 24.9. The van der Waals surface area contributed by atoms with Gasteiger partial charge in [-0.1, -0.05) is 13.8 Å². The van der Waals surface area contributed by atoms with E-state index in [2.05, 4.69) is 20.7 Å². The van der Waals surface area contributed by atoms with E-state index in [1.165, 1.54) is 0 Å². The molecule has 0 bridgehead atoms. The highest BCUT2D eigenvalue weighted by Crippen LogP contribution is 2.37. The molecule has 2 rings (SSSR count). The summed E-state index contributed by atoms with van der Waals surface area (Å²) in [5.74, 6) is -4.96. The van der Waals surface area contributed by atoms with E-state index in [9.17, 15) is 37.6 Å². The summed E-state index contributed by atoms with van der Waals surface area (Å²) in [6, 6.07) is -1.96. The molecule has 5 atom stereocenters. The Morgan fingerprint density at radius 2 is 1.97 bits per heavy atom. The van der Waals surface area contributed by atoms with Crippen molar-refractivity contribution < 1.29 is 37.1 Å². The minimum atomic E-state index is -4.65. The SMILES string of the molecule is COC(=O)N[C@H](C(=O)N1C[C@H](C(F)(F)F)C[C@H]1C(=O)N[C@H](C#N)C[C@@H]1CCNC1=O)C(C)C. The molecule has 0 aromatic heterocycles. The van der Waals surface area contributed by atoms with E-state index >= 15 is 0 Å². The van der Waals surface area contributed by atoms with Crippen LogP contribution in [0.4, 0.5) is 18.0 Å². The number of nitrogens with zero attached hydrogens (tertiary/aromatic N) is 2. The summed E-state index contributed by atoms with van der Waals surface area (Å²) < 4.78 is 44.8. The van der Waals surface area contributed by atoms with Crippen LogP contribution in [-0.4, -0.2) is 73.2 Å². The fourth-order valence-electron chi connectivity index (χ4n) is 4.01. The number of alkyl halides is 3. The molecular formula is C20H28F3N5O5. The van der Waals surface area contributed by atoms with Crippen LogP contribution < -0.4 is 16.0 Å². The number of rotatable bonds is 7. The summed E-state index contributed by atoms with van der Waals surface area (Å²) >= 11 is 0. The molecule has 3 N–H and O–H groups in total. The highest BCUT2D eigenvalue weighted by atomic mass is 19.4. The van der Waals surface area contributed by atoms with Crippen molar-refractivity contribution in [1.82, 2.24) is 20.9 Å². The van der Waals surface area contributed by atoms with E-state index in [1.54, 1.807) is 13.8 Å². The van der Waals surface area contributed by atoms with E-state index in [1.807, 2.05) is 6.07 Å². The molecule has 2 aliphatic heterocycles. The van der Waals surface area contributed by atoms with Gasteiger partial charge in [0, 0.05) is 19.0 Å². The van der Waals surface area contributed by atoms with Crippen molar-refractivity contribution in [3.63, 3.8) is 0 Å². The molecule has 0 unspecified atom stereocenters. The quantitative estimate of drug-likeness (QED) is 0.495. The summed E-state index contributed by atoms with van der Waals surface area (Å²) in [4.78, 5) is 50.2. The maximum Gasteiger partial charge on any atom is 0.407 e. The lowest BCUT2D eigenvalue weighted by Crippen LogP contribution is -2.56. The van der Waals surface area contributed by atoms with Gasteiger partial charge in [0.1, 0.15) is 18.1 Å². The smallest absolute Gasteiger partial charge is 0.407 e. The summed E-state index contributed by atoms with van der Waals surface area (Å²) in [5, 5.41) is 16.7. The first-order chi connectivity index (χ1) is 15.4. The van der Waals surface area contributed by atoms with Crippen molar-refractivity contribution in [2.75, 3.05) is 20.2 Å². The molecule has 10 nitrogen and oxygen atoms in total. The average molecular weight is 475 g/mol. The summed E-state index contributed by atoms with van der Waals surface area (Å²) in [7, 11) is 1.08. The minimum Gasteiger partial charge on any atom is -0.453 e. The zero-order valence-electron chi connectivity index (χ0n) is 18.6. The van der Waals surface area contributed by atoms with Crippen LogP contribution in [0.15, 0.2) is 0 Å². The number of methoxy groups -OCH3 is 1. The van der Waals surface area contributed by atoms with Gasteiger partial charge < -0.3 is 25.6 Å². The molecule has 0 saturated carbocycles. The van der Waals surface area contributed by atoms with Crippen LogP contribution in [0.25, 0.3) is 0 Å². The number of hydrogen-bond donors (Lipinski definition) is 3. The zero-order valence-corrected chi connectivity index (χ0v) is 18.6. The molecule has 4 amide bonds. The van der Waals surface area contributed by atoms with Gasteiger partial charge in [-0.15, -0.1) is 0 Å². The minimum absolute atomic E-state index is 0.00988. The molecule has 33 heavy (non-hydrogen) atoms. The molecule has 0 aliphatic carbocycles. The average Bonchev–Trinajstić information content (AvgIpc) is 3.37. The van der Waals surface area contributed by atoms with Crippen LogP contribution in [0.5, 0.6) is 0 Å². The van der Waals surface area contributed by atoms with E-state index in [0.29, 0.717) is 13.0 Å². The first-order valence-electron chi connectivity index (χ1n) is 10.6. The molecule has 0 aromatic carbocycles. The Bertz CT molecular complexity index is 813. The van der Waals surface area contributed by atoms with Crippen LogP contribution in [0.3, 0.4) is 0 Å². The number of likely N-dealkylation sites (tertiary alicyclic amines) is 1. The van der Waals surface area contributed by atoms with Crippen LogP contribution in [0.1, 0.15) is 33.1 Å². The predicted molar refractivity (Wildman–Crippen MR) is 107 cm³/mol. The number of halogens is 3. The lowest BCUT2D eigenvalue weighted by atomic mass is 9.98. The van der Waals surface area contributed by atoms with E-state index in [-0.39, 0.29) is 12.3 Å². The molecular weight excluding hydrogens is 447 g/mol. The fourth-order valence-corrected chi connectivity index (χ4v) is 4.01. The third kappa shape index (κ3) is 6.49. The van der Waals surface area contributed by atoms with Gasteiger partial charge in [-0.25, -0.2) is 4.79 Å². The molecule has 2 fully saturated rings. The highest BCUT2D eigenvalue weighted by Gasteiger charge is 2.52. The van der Waals surface area contributed by atoms with Gasteiger partial charge in [-0.05, 0) is 25.2 Å². The van der Waals surface area contributed by atoms with Crippen molar-refractivity contribution in [2.45, 2.75) is 57.4 Å². The lowest BCUT2D eigenvalue weighted by Gasteiger charge is -2.30. The number of hydrogen-bond acceptors (Lipinski definition) is 6. The lowest BCUT2D eigenvalue weighted by molar-refractivity contribution is -0.171. The van der Waals surface area contributed by atoms with Crippen molar-refractivity contribution in [1.29, 1.82) is 5.26 Å². The predicted octanol–water partition coefficient (Wildman–Crippen LogP) is 0.681. The maximum atomic E-state index is 13.4. The van der Waals surface area contributed by atoms with Gasteiger partial charge in [-0.2, -0.15) is 18.4 Å². The Morgan fingerprint density at radius 3 is 2.45 bits per heavy atom. The molecule has 2 aliphatic rings. The van der Waals surface area contributed by atoms with E-state index < -0.39 is 72.9 Å².